The van der Waals surface area contributed by atoms with Crippen LogP contribution in [0.2, 0.25) is 10.0 Å². The van der Waals surface area contributed by atoms with E-state index >= 15 is 0 Å². The van der Waals surface area contributed by atoms with Gasteiger partial charge in [0.15, 0.2) is 0 Å². The number of halogens is 3. The minimum atomic E-state index is 0.480. The minimum absolute atomic E-state index is 0.480. The predicted molar refractivity (Wildman–Crippen MR) is 97.8 cm³/mol. The predicted octanol–water partition coefficient (Wildman–Crippen LogP) is 5.44. The first-order valence-electron chi connectivity index (χ1n) is 6.96. The van der Waals surface area contributed by atoms with Gasteiger partial charge in [-0.15, -0.1) is 0 Å². The van der Waals surface area contributed by atoms with Gasteiger partial charge >= 0.3 is 0 Å². The summed E-state index contributed by atoms with van der Waals surface area (Å²) >= 11 is 15.8. The second kappa shape index (κ2) is 7.49. The monoisotopic (exact) mass is 402 g/mol. The Morgan fingerprint density at radius 2 is 1.68 bits per heavy atom. The molecule has 2 aromatic rings. The molecule has 7 heteroatoms. The first-order chi connectivity index (χ1) is 10.4. The van der Waals surface area contributed by atoms with Crippen LogP contribution in [0.1, 0.15) is 19.5 Å². The van der Waals surface area contributed by atoms with Gasteiger partial charge in [0.2, 0.25) is 5.95 Å². The van der Waals surface area contributed by atoms with Crippen molar-refractivity contribution in [2.45, 2.75) is 20.8 Å². The van der Waals surface area contributed by atoms with Crippen LogP contribution in [-0.4, -0.2) is 23.1 Å². The van der Waals surface area contributed by atoms with Gasteiger partial charge in [0.05, 0.1) is 15.7 Å². The Hall–Kier alpha value is -1.04. The van der Waals surface area contributed by atoms with Crippen molar-refractivity contribution in [1.29, 1.82) is 0 Å². The van der Waals surface area contributed by atoms with E-state index < -0.39 is 0 Å². The molecule has 0 saturated heterocycles. The van der Waals surface area contributed by atoms with Gasteiger partial charge in [-0.1, -0.05) is 39.1 Å². The van der Waals surface area contributed by atoms with Gasteiger partial charge in [0, 0.05) is 29.3 Å². The average Bonchev–Trinajstić information content (AvgIpc) is 2.43. The Balaban J connectivity index is 2.38. The van der Waals surface area contributed by atoms with Crippen molar-refractivity contribution in [3.8, 4) is 0 Å². The van der Waals surface area contributed by atoms with Gasteiger partial charge in [0.1, 0.15) is 5.82 Å². The molecule has 0 fully saturated rings. The molecule has 0 aliphatic heterocycles. The molecular weight excluding hydrogens is 387 g/mol. The van der Waals surface area contributed by atoms with E-state index in [9.17, 15) is 0 Å². The van der Waals surface area contributed by atoms with Crippen molar-refractivity contribution >= 4 is 56.6 Å². The lowest BCUT2D eigenvalue weighted by Crippen LogP contribution is -2.23. The summed E-state index contributed by atoms with van der Waals surface area (Å²) in [5.74, 6) is 1.36. The Labute approximate surface area is 149 Å². The zero-order chi connectivity index (χ0) is 16.3. The molecule has 2 rings (SSSR count). The number of aromatic nitrogens is 2. The summed E-state index contributed by atoms with van der Waals surface area (Å²) in [6, 6.07) is 5.51. The number of nitrogens with one attached hydrogen (secondary N) is 1. The average molecular weight is 404 g/mol. The Kier molecular flexibility index (Phi) is 5.89. The number of hydrogen-bond donors (Lipinski definition) is 1. The highest BCUT2D eigenvalue weighted by atomic mass is 79.9. The largest absolute Gasteiger partial charge is 0.357 e. The molecule has 0 aliphatic carbocycles. The third-order valence-electron chi connectivity index (χ3n) is 3.17. The van der Waals surface area contributed by atoms with Crippen LogP contribution < -0.4 is 10.2 Å². The van der Waals surface area contributed by atoms with Gasteiger partial charge < -0.3 is 10.2 Å². The van der Waals surface area contributed by atoms with Gasteiger partial charge in [-0.05, 0) is 32.9 Å². The minimum Gasteiger partial charge on any atom is -0.357 e. The first kappa shape index (κ1) is 17.3. The van der Waals surface area contributed by atoms with E-state index in [0.717, 1.165) is 29.1 Å². The highest BCUT2D eigenvalue weighted by Gasteiger charge is 2.12. The molecule has 0 amide bonds. The van der Waals surface area contributed by atoms with Gasteiger partial charge in [-0.3, -0.25) is 0 Å². The van der Waals surface area contributed by atoms with Crippen molar-refractivity contribution in [2.75, 3.05) is 23.3 Å². The molecule has 118 valence electrons. The molecule has 0 unspecified atom stereocenters. The third kappa shape index (κ3) is 4.03. The van der Waals surface area contributed by atoms with Crippen LogP contribution >= 0.6 is 39.1 Å². The summed E-state index contributed by atoms with van der Waals surface area (Å²) in [6.07, 6.45) is 0. The number of anilines is 3. The number of rotatable bonds is 5. The summed E-state index contributed by atoms with van der Waals surface area (Å²) in [7, 11) is 0. The fraction of sp³-hybridized carbons (Fsp3) is 0.333. The third-order valence-corrected chi connectivity index (χ3v) is 4.23. The number of nitrogens with zero attached hydrogens (tertiary/aromatic N) is 3. The van der Waals surface area contributed by atoms with Crippen molar-refractivity contribution in [3.05, 3.63) is 38.4 Å². The Morgan fingerprint density at radius 1 is 1.09 bits per heavy atom. The molecule has 0 radical (unpaired) electrons. The van der Waals surface area contributed by atoms with Crippen LogP contribution in [0.3, 0.4) is 0 Å². The molecule has 0 bridgehead atoms. The summed E-state index contributed by atoms with van der Waals surface area (Å²) in [5, 5.41) is 4.13. The fourth-order valence-electron chi connectivity index (χ4n) is 2.09. The second-order valence-corrected chi connectivity index (χ2v) is 6.46. The van der Waals surface area contributed by atoms with Gasteiger partial charge in [-0.25, -0.2) is 4.98 Å². The molecule has 1 aromatic carbocycles. The zero-order valence-corrected chi connectivity index (χ0v) is 15.7. The lowest BCUT2D eigenvalue weighted by atomic mass is 10.3. The maximum atomic E-state index is 6.24. The fourth-order valence-corrected chi connectivity index (χ4v) is 3.39. The number of hydrogen-bond acceptors (Lipinski definition) is 4. The van der Waals surface area contributed by atoms with E-state index in [1.54, 1.807) is 12.1 Å². The maximum absolute atomic E-state index is 6.24. The van der Waals surface area contributed by atoms with Crippen molar-refractivity contribution in [2.24, 2.45) is 0 Å². The van der Waals surface area contributed by atoms with Crippen molar-refractivity contribution in [1.82, 2.24) is 9.97 Å². The van der Waals surface area contributed by atoms with Crippen molar-refractivity contribution < 1.29 is 0 Å². The molecule has 0 aliphatic rings. The molecule has 0 atom stereocenters. The van der Waals surface area contributed by atoms with Gasteiger partial charge in [0.25, 0.3) is 0 Å². The first-order valence-corrected chi connectivity index (χ1v) is 8.51. The van der Waals surface area contributed by atoms with Crippen LogP contribution in [0.4, 0.5) is 17.5 Å². The molecule has 22 heavy (non-hydrogen) atoms. The normalized spacial score (nSPS) is 10.6. The topological polar surface area (TPSA) is 41.1 Å². The summed E-state index contributed by atoms with van der Waals surface area (Å²) in [4.78, 5) is 11.1. The second-order valence-electron chi connectivity index (χ2n) is 4.73. The Morgan fingerprint density at radius 3 is 2.23 bits per heavy atom. The molecule has 4 nitrogen and oxygen atoms in total. The highest BCUT2D eigenvalue weighted by Crippen LogP contribution is 2.35. The number of benzene rings is 1. The van der Waals surface area contributed by atoms with Gasteiger partial charge in [-0.2, -0.15) is 4.98 Å². The van der Waals surface area contributed by atoms with Crippen LogP contribution in [0.15, 0.2) is 22.7 Å². The van der Waals surface area contributed by atoms with Crippen LogP contribution in [0, 0.1) is 6.92 Å². The zero-order valence-electron chi connectivity index (χ0n) is 12.6. The molecular formula is C15H17BrCl2N4. The quantitative estimate of drug-likeness (QED) is 0.721. The van der Waals surface area contributed by atoms with E-state index in [1.165, 1.54) is 0 Å². The van der Waals surface area contributed by atoms with E-state index in [4.69, 9.17) is 23.2 Å². The van der Waals surface area contributed by atoms with E-state index in [-0.39, 0.29) is 0 Å². The molecule has 1 N–H and O–H groups in total. The van der Waals surface area contributed by atoms with E-state index in [1.807, 2.05) is 13.0 Å². The maximum Gasteiger partial charge on any atom is 0.229 e. The standard InChI is InChI=1S/C15H17BrCl2N4/c1-4-22(5-2)13-6-9(3)19-15(20-13)21-14-11(17)7-10(16)8-12(14)18/h6-8H,4-5H2,1-3H3,(H,19,20,21). The summed E-state index contributed by atoms with van der Waals surface area (Å²) in [5.41, 5.74) is 1.48. The van der Waals surface area contributed by atoms with Crippen LogP contribution in [0.5, 0.6) is 0 Å². The summed E-state index contributed by atoms with van der Waals surface area (Å²) in [6.45, 7) is 7.88. The summed E-state index contributed by atoms with van der Waals surface area (Å²) < 4.78 is 0.821. The number of aryl methyl sites for hydroxylation is 1. The Bertz CT molecular complexity index is 652. The van der Waals surface area contributed by atoms with E-state index in [2.05, 4.69) is 50.0 Å². The smallest absolute Gasteiger partial charge is 0.229 e. The van der Waals surface area contributed by atoms with E-state index in [0.29, 0.717) is 21.7 Å². The highest BCUT2D eigenvalue weighted by molar-refractivity contribution is 9.10. The van der Waals surface area contributed by atoms with Crippen LogP contribution in [-0.2, 0) is 0 Å². The van der Waals surface area contributed by atoms with Crippen LogP contribution in [0.25, 0.3) is 0 Å². The molecule has 0 saturated carbocycles. The van der Waals surface area contributed by atoms with Crippen molar-refractivity contribution in [3.63, 3.8) is 0 Å². The molecule has 1 aromatic heterocycles. The lowest BCUT2D eigenvalue weighted by Gasteiger charge is -2.21. The SMILES string of the molecule is CCN(CC)c1cc(C)nc(Nc2c(Cl)cc(Br)cc2Cl)n1. The molecule has 0 spiro atoms. The molecule has 1 heterocycles. The lowest BCUT2D eigenvalue weighted by molar-refractivity contribution is 0.840.